The maximum Gasteiger partial charge on any atom is 0.263 e. The summed E-state index contributed by atoms with van der Waals surface area (Å²) in [6, 6.07) is 13.5. The average molecular weight is 543 g/mol. The number of anilines is 1. The van der Waals surface area contributed by atoms with Gasteiger partial charge in [-0.3, -0.25) is 19.4 Å². The van der Waals surface area contributed by atoms with Crippen LogP contribution in [0.25, 0.3) is 17.7 Å². The van der Waals surface area contributed by atoms with Gasteiger partial charge in [-0.05, 0) is 59.2 Å². The van der Waals surface area contributed by atoms with Crippen molar-refractivity contribution in [1.82, 2.24) is 14.9 Å². The first-order valence-corrected chi connectivity index (χ1v) is 12.2. The topological polar surface area (TPSA) is 93.1 Å². The Morgan fingerprint density at radius 1 is 1.00 bits per heavy atom. The minimum Gasteiger partial charge on any atom is -0.348 e. The number of halogens is 3. The Morgan fingerprint density at radius 2 is 1.80 bits per heavy atom. The van der Waals surface area contributed by atoms with Crippen molar-refractivity contribution in [1.29, 1.82) is 0 Å². The van der Waals surface area contributed by atoms with Crippen LogP contribution in [0.5, 0.6) is 0 Å². The van der Waals surface area contributed by atoms with Gasteiger partial charge in [-0.2, -0.15) is 0 Å². The van der Waals surface area contributed by atoms with Crippen molar-refractivity contribution in [3.05, 3.63) is 135 Å². The Bertz CT molecular complexity index is 1720. The van der Waals surface area contributed by atoms with Gasteiger partial charge in [0, 0.05) is 42.0 Å². The van der Waals surface area contributed by atoms with E-state index >= 15 is 0 Å². The second-order valence-corrected chi connectivity index (χ2v) is 8.94. The molecule has 1 aliphatic rings. The highest BCUT2D eigenvalue weighted by molar-refractivity contribution is 6.35. The second-order valence-electron chi connectivity index (χ2n) is 8.94. The number of carbonyl (C=O) groups is 2. The van der Waals surface area contributed by atoms with E-state index in [1.54, 1.807) is 36.7 Å². The molecule has 10 heteroatoms. The predicted octanol–water partition coefficient (Wildman–Crippen LogP) is 4.64. The molecular weight excluding hydrogens is 521 g/mol. The molecule has 2 aromatic carbocycles. The Hall–Kier alpha value is -5.25. The molecule has 5 rings (SSSR count). The molecule has 200 valence electrons. The number of nitrogens with zero attached hydrogens (tertiary/aromatic N) is 2. The molecule has 2 amide bonds. The van der Waals surface area contributed by atoms with Gasteiger partial charge >= 0.3 is 0 Å². The Labute approximate surface area is 226 Å². The number of nitrogens with one attached hydrogen (secondary N) is 2. The number of pyridine rings is 2. The first-order chi connectivity index (χ1) is 19.3. The minimum absolute atomic E-state index is 0.0317. The van der Waals surface area contributed by atoms with E-state index in [4.69, 9.17) is 0 Å². The number of hydrogen-bond acceptors (Lipinski definition) is 4. The van der Waals surface area contributed by atoms with Gasteiger partial charge in [-0.15, -0.1) is 0 Å². The van der Waals surface area contributed by atoms with Gasteiger partial charge in [0.05, 0.1) is 6.54 Å². The summed E-state index contributed by atoms with van der Waals surface area (Å²) in [7, 11) is 0. The van der Waals surface area contributed by atoms with Crippen molar-refractivity contribution in [2.75, 3.05) is 11.9 Å². The van der Waals surface area contributed by atoms with Crippen LogP contribution in [0.3, 0.4) is 0 Å². The van der Waals surface area contributed by atoms with Gasteiger partial charge in [0.25, 0.3) is 17.4 Å². The van der Waals surface area contributed by atoms with Crippen molar-refractivity contribution >= 4 is 35.2 Å². The number of rotatable bonds is 7. The molecule has 0 atom stereocenters. The number of aromatic nitrogens is 2. The van der Waals surface area contributed by atoms with Crippen molar-refractivity contribution in [3.8, 4) is 0 Å². The summed E-state index contributed by atoms with van der Waals surface area (Å²) in [4.78, 5) is 41.9. The average Bonchev–Trinajstić information content (AvgIpc) is 3.25. The molecule has 40 heavy (non-hydrogen) atoms. The lowest BCUT2D eigenvalue weighted by atomic mass is 10.0. The number of carbonyl (C=O) groups excluding carboxylic acids is 2. The summed E-state index contributed by atoms with van der Waals surface area (Å²) in [5.74, 6) is -5.17. The zero-order chi connectivity index (χ0) is 28.2. The van der Waals surface area contributed by atoms with E-state index < -0.39 is 28.9 Å². The smallest absolute Gasteiger partial charge is 0.263 e. The third-order valence-corrected chi connectivity index (χ3v) is 6.17. The van der Waals surface area contributed by atoms with Crippen LogP contribution in [0, 0.1) is 17.5 Å². The SMILES string of the molecule is O=C1Nc2cc(C=CCNC(=O)c3cccn(Cc4cc(F)c(F)c(F)c4)c3=O)ccc2C1=Cc1cccnc1. The largest absolute Gasteiger partial charge is 0.348 e. The highest BCUT2D eigenvalue weighted by atomic mass is 19.2. The molecule has 0 fully saturated rings. The lowest BCUT2D eigenvalue weighted by Crippen LogP contribution is -2.33. The monoisotopic (exact) mass is 542 g/mol. The van der Waals surface area contributed by atoms with Gasteiger partial charge in [0.1, 0.15) is 5.56 Å². The summed E-state index contributed by atoms with van der Waals surface area (Å²) in [5, 5.41) is 5.47. The van der Waals surface area contributed by atoms with Crippen molar-refractivity contribution < 1.29 is 22.8 Å². The molecule has 0 saturated heterocycles. The minimum atomic E-state index is -1.59. The fourth-order valence-corrected chi connectivity index (χ4v) is 4.26. The molecule has 3 heterocycles. The first kappa shape index (κ1) is 26.4. The molecule has 0 radical (unpaired) electrons. The standard InChI is InChI=1S/C30H21F3N4O3/c31-24-13-20(14-25(32)27(24)33)17-37-11-3-6-22(30(37)40)28(38)35-10-2-4-18-7-8-21-23(29(39)36-26(21)15-18)12-19-5-1-9-34-16-19/h1-9,11-16H,10,17H2,(H,35,38)(H,36,39). The van der Waals surface area contributed by atoms with E-state index in [2.05, 4.69) is 15.6 Å². The third kappa shape index (κ3) is 5.60. The predicted molar refractivity (Wildman–Crippen MR) is 145 cm³/mol. The van der Waals surface area contributed by atoms with E-state index in [-0.39, 0.29) is 30.1 Å². The first-order valence-electron chi connectivity index (χ1n) is 12.2. The fourth-order valence-electron chi connectivity index (χ4n) is 4.26. The van der Waals surface area contributed by atoms with E-state index in [9.17, 15) is 27.6 Å². The van der Waals surface area contributed by atoms with Crippen LogP contribution in [0.4, 0.5) is 18.9 Å². The van der Waals surface area contributed by atoms with Crippen molar-refractivity contribution in [2.45, 2.75) is 6.54 Å². The molecule has 0 bridgehead atoms. The molecule has 2 N–H and O–H groups in total. The van der Waals surface area contributed by atoms with E-state index in [0.717, 1.165) is 33.4 Å². The lowest BCUT2D eigenvalue weighted by molar-refractivity contribution is -0.110. The Morgan fingerprint density at radius 3 is 2.55 bits per heavy atom. The maximum absolute atomic E-state index is 13.5. The van der Waals surface area contributed by atoms with Crippen LogP contribution in [-0.4, -0.2) is 27.9 Å². The maximum atomic E-state index is 13.5. The quantitative estimate of drug-likeness (QED) is 0.263. The number of fused-ring (bicyclic) bond motifs is 1. The Kier molecular flexibility index (Phi) is 7.41. The van der Waals surface area contributed by atoms with Crippen LogP contribution in [-0.2, 0) is 11.3 Å². The van der Waals surface area contributed by atoms with Gasteiger partial charge in [0.15, 0.2) is 17.5 Å². The summed E-state index contributed by atoms with van der Waals surface area (Å²) in [5.41, 5.74) is 2.77. The van der Waals surface area contributed by atoms with E-state index in [1.807, 2.05) is 24.3 Å². The fraction of sp³-hybridized carbons (Fsp3) is 0.0667. The third-order valence-electron chi connectivity index (χ3n) is 6.17. The number of hydrogen-bond donors (Lipinski definition) is 2. The summed E-state index contributed by atoms with van der Waals surface area (Å²) in [6.07, 6.45) is 9.91. The zero-order valence-corrected chi connectivity index (χ0v) is 20.8. The molecular formula is C30H21F3N4O3. The molecule has 1 aliphatic heterocycles. The van der Waals surface area contributed by atoms with Crippen LogP contribution >= 0.6 is 0 Å². The van der Waals surface area contributed by atoms with Crippen molar-refractivity contribution in [3.63, 3.8) is 0 Å². The van der Waals surface area contributed by atoms with E-state index in [0.29, 0.717) is 11.3 Å². The van der Waals surface area contributed by atoms with Crippen LogP contribution in [0.2, 0.25) is 0 Å². The molecule has 0 unspecified atom stereocenters. The molecule has 7 nitrogen and oxygen atoms in total. The molecule has 2 aromatic heterocycles. The van der Waals surface area contributed by atoms with E-state index in [1.165, 1.54) is 18.3 Å². The zero-order valence-electron chi connectivity index (χ0n) is 20.8. The lowest BCUT2D eigenvalue weighted by Gasteiger charge is -2.09. The second kappa shape index (κ2) is 11.2. The van der Waals surface area contributed by atoms with Crippen LogP contribution in [0.1, 0.15) is 32.6 Å². The van der Waals surface area contributed by atoms with Crippen LogP contribution < -0.4 is 16.2 Å². The summed E-state index contributed by atoms with van der Waals surface area (Å²) >= 11 is 0. The highest BCUT2D eigenvalue weighted by Crippen LogP contribution is 2.34. The number of amides is 2. The molecule has 0 spiro atoms. The van der Waals surface area contributed by atoms with Crippen molar-refractivity contribution in [2.24, 2.45) is 0 Å². The Balaban J connectivity index is 1.23. The molecule has 0 saturated carbocycles. The highest BCUT2D eigenvalue weighted by Gasteiger charge is 2.24. The van der Waals surface area contributed by atoms with Crippen LogP contribution in [0.15, 0.2) is 84.1 Å². The molecule has 0 aliphatic carbocycles. The van der Waals surface area contributed by atoms with Gasteiger partial charge in [-0.1, -0.05) is 30.4 Å². The summed E-state index contributed by atoms with van der Waals surface area (Å²) < 4.78 is 41.4. The summed E-state index contributed by atoms with van der Waals surface area (Å²) in [6.45, 7) is -0.140. The molecule has 4 aromatic rings. The van der Waals surface area contributed by atoms with Gasteiger partial charge in [-0.25, -0.2) is 13.2 Å². The van der Waals surface area contributed by atoms with Gasteiger partial charge < -0.3 is 15.2 Å². The normalized spacial score (nSPS) is 13.5. The van der Waals surface area contributed by atoms with Gasteiger partial charge in [0.2, 0.25) is 0 Å². The number of benzene rings is 2.